The van der Waals surface area contributed by atoms with Crippen molar-refractivity contribution in [2.75, 3.05) is 26.2 Å². The molecule has 0 spiro atoms. The van der Waals surface area contributed by atoms with Crippen LogP contribution in [0.2, 0.25) is 0 Å². The Bertz CT molecular complexity index is 802. The van der Waals surface area contributed by atoms with Crippen LogP contribution in [0.25, 0.3) is 0 Å². The molecule has 0 bridgehead atoms. The van der Waals surface area contributed by atoms with Gasteiger partial charge in [-0.2, -0.15) is 4.31 Å². The second-order valence-corrected chi connectivity index (χ2v) is 8.13. The molecule has 1 aliphatic heterocycles. The highest BCUT2D eigenvalue weighted by Gasteiger charge is 2.33. The molecule has 0 unspecified atom stereocenters. The average Bonchev–Trinajstić information content (AvgIpc) is 2.89. The number of hydrogen-bond acceptors (Lipinski definition) is 5. The molecule has 0 amide bonds. The van der Waals surface area contributed by atoms with Gasteiger partial charge in [0.1, 0.15) is 10.6 Å². The van der Waals surface area contributed by atoms with E-state index in [2.05, 4.69) is 29.1 Å². The Morgan fingerprint density at radius 2 is 1.75 bits per heavy atom. The second-order valence-electron chi connectivity index (χ2n) is 6.26. The van der Waals surface area contributed by atoms with Crippen LogP contribution in [0.3, 0.4) is 0 Å². The summed E-state index contributed by atoms with van der Waals surface area (Å²) in [5, 5.41) is 3.77. The molecule has 2 aromatic rings. The van der Waals surface area contributed by atoms with Crippen LogP contribution in [-0.2, 0) is 16.6 Å². The fourth-order valence-corrected chi connectivity index (χ4v) is 4.84. The maximum atomic E-state index is 12.8. The van der Waals surface area contributed by atoms with Crippen LogP contribution in [0.1, 0.15) is 22.6 Å². The van der Waals surface area contributed by atoms with Crippen LogP contribution < -0.4 is 0 Å². The van der Waals surface area contributed by atoms with Crippen LogP contribution in [-0.4, -0.2) is 49.0 Å². The number of piperazine rings is 1. The topological polar surface area (TPSA) is 66.7 Å². The summed E-state index contributed by atoms with van der Waals surface area (Å²) in [4.78, 5) is 2.51. The van der Waals surface area contributed by atoms with Crippen molar-refractivity contribution in [2.45, 2.75) is 32.2 Å². The first-order valence-electron chi connectivity index (χ1n) is 8.09. The van der Waals surface area contributed by atoms with Gasteiger partial charge in [-0.25, -0.2) is 8.42 Å². The molecule has 2 heterocycles. The van der Waals surface area contributed by atoms with Gasteiger partial charge in [0.2, 0.25) is 10.0 Å². The largest absolute Gasteiger partial charge is 0.360 e. The minimum atomic E-state index is -3.53. The smallest absolute Gasteiger partial charge is 0.248 e. The van der Waals surface area contributed by atoms with Gasteiger partial charge in [-0.3, -0.25) is 4.90 Å². The zero-order valence-electron chi connectivity index (χ0n) is 14.3. The van der Waals surface area contributed by atoms with Crippen molar-refractivity contribution >= 4 is 10.0 Å². The van der Waals surface area contributed by atoms with Crippen LogP contribution in [0.5, 0.6) is 0 Å². The molecule has 0 radical (unpaired) electrons. The molecule has 130 valence electrons. The monoisotopic (exact) mass is 349 g/mol. The normalized spacial score (nSPS) is 17.3. The number of hydrogen-bond donors (Lipinski definition) is 0. The molecule has 0 saturated carbocycles. The van der Waals surface area contributed by atoms with E-state index in [9.17, 15) is 8.42 Å². The Morgan fingerprint density at radius 3 is 2.33 bits per heavy atom. The van der Waals surface area contributed by atoms with E-state index in [4.69, 9.17) is 4.52 Å². The van der Waals surface area contributed by atoms with Gasteiger partial charge in [0.25, 0.3) is 0 Å². The predicted octanol–water partition coefficient (Wildman–Crippen LogP) is 2.11. The van der Waals surface area contributed by atoms with Crippen molar-refractivity contribution in [3.8, 4) is 0 Å². The maximum Gasteiger partial charge on any atom is 0.248 e. The molecule has 0 atom stereocenters. The first kappa shape index (κ1) is 17.1. The van der Waals surface area contributed by atoms with Crippen molar-refractivity contribution in [3.05, 3.63) is 46.8 Å². The summed E-state index contributed by atoms with van der Waals surface area (Å²) in [7, 11) is -3.53. The van der Waals surface area contributed by atoms with Crippen LogP contribution >= 0.6 is 0 Å². The Hall–Kier alpha value is -1.70. The quantitative estimate of drug-likeness (QED) is 0.846. The molecule has 1 aliphatic rings. The summed E-state index contributed by atoms with van der Waals surface area (Å²) in [5.74, 6) is 0.356. The van der Waals surface area contributed by atoms with Crippen molar-refractivity contribution < 1.29 is 12.9 Å². The molecular formula is C17H23N3O3S. The minimum absolute atomic E-state index is 0.217. The standard InChI is InChI=1S/C17H23N3O3S/c1-13-6-4-5-7-16(13)12-19-8-10-20(11-9-19)24(21,22)17-14(2)18-23-15(17)3/h4-7H,8-12H2,1-3H3. The molecule has 7 heteroatoms. The Morgan fingerprint density at radius 1 is 1.08 bits per heavy atom. The van der Waals surface area contributed by atoms with E-state index in [-0.39, 0.29) is 4.90 Å². The van der Waals surface area contributed by atoms with Gasteiger partial charge < -0.3 is 4.52 Å². The summed E-state index contributed by atoms with van der Waals surface area (Å²) in [6.07, 6.45) is 0. The van der Waals surface area contributed by atoms with Gasteiger partial charge >= 0.3 is 0 Å². The van der Waals surface area contributed by atoms with Crippen LogP contribution in [0.15, 0.2) is 33.7 Å². The molecular weight excluding hydrogens is 326 g/mol. The number of benzene rings is 1. The average molecular weight is 349 g/mol. The fraction of sp³-hybridized carbons (Fsp3) is 0.471. The van der Waals surface area contributed by atoms with E-state index < -0.39 is 10.0 Å². The lowest BCUT2D eigenvalue weighted by Gasteiger charge is -2.34. The maximum absolute atomic E-state index is 12.8. The zero-order chi connectivity index (χ0) is 17.3. The van der Waals surface area contributed by atoms with Gasteiger partial charge in [0, 0.05) is 32.7 Å². The zero-order valence-corrected chi connectivity index (χ0v) is 15.1. The van der Waals surface area contributed by atoms with Gasteiger partial charge in [-0.15, -0.1) is 0 Å². The summed E-state index contributed by atoms with van der Waals surface area (Å²) < 4.78 is 32.2. The lowest BCUT2D eigenvalue weighted by Crippen LogP contribution is -2.48. The Labute approximate surface area is 143 Å². The molecule has 3 rings (SSSR count). The number of aromatic nitrogens is 1. The number of rotatable bonds is 4. The number of aryl methyl sites for hydroxylation is 3. The van der Waals surface area contributed by atoms with E-state index in [1.165, 1.54) is 15.4 Å². The van der Waals surface area contributed by atoms with Gasteiger partial charge in [0.15, 0.2) is 5.76 Å². The number of nitrogens with zero attached hydrogens (tertiary/aromatic N) is 3. The lowest BCUT2D eigenvalue weighted by atomic mass is 10.1. The summed E-state index contributed by atoms with van der Waals surface area (Å²) >= 11 is 0. The Kier molecular flexibility index (Phi) is 4.76. The first-order chi connectivity index (χ1) is 11.4. The predicted molar refractivity (Wildman–Crippen MR) is 91.2 cm³/mol. The third-order valence-corrected chi connectivity index (χ3v) is 6.70. The van der Waals surface area contributed by atoms with E-state index in [0.29, 0.717) is 24.5 Å². The summed E-state index contributed by atoms with van der Waals surface area (Å²) in [6, 6.07) is 8.31. The summed E-state index contributed by atoms with van der Waals surface area (Å²) in [5.41, 5.74) is 2.98. The van der Waals surface area contributed by atoms with Gasteiger partial charge in [-0.1, -0.05) is 29.4 Å². The molecule has 24 heavy (non-hydrogen) atoms. The molecule has 1 saturated heterocycles. The highest BCUT2D eigenvalue weighted by atomic mass is 32.2. The summed E-state index contributed by atoms with van der Waals surface area (Å²) in [6.45, 7) is 8.67. The molecule has 1 fully saturated rings. The van der Waals surface area contributed by atoms with Crippen LogP contribution in [0.4, 0.5) is 0 Å². The molecule has 6 nitrogen and oxygen atoms in total. The fourth-order valence-electron chi connectivity index (χ4n) is 3.13. The molecule has 1 aromatic carbocycles. The lowest BCUT2D eigenvalue weighted by molar-refractivity contribution is 0.181. The Balaban J connectivity index is 1.68. The van der Waals surface area contributed by atoms with Gasteiger partial charge in [0.05, 0.1) is 0 Å². The third kappa shape index (κ3) is 3.24. The number of sulfonamides is 1. The van der Waals surface area contributed by atoms with Crippen molar-refractivity contribution in [3.63, 3.8) is 0 Å². The first-order valence-corrected chi connectivity index (χ1v) is 9.53. The van der Waals surface area contributed by atoms with Crippen LogP contribution in [0, 0.1) is 20.8 Å². The van der Waals surface area contributed by atoms with E-state index in [1.807, 2.05) is 12.1 Å². The van der Waals surface area contributed by atoms with E-state index in [1.54, 1.807) is 13.8 Å². The van der Waals surface area contributed by atoms with Crippen molar-refractivity contribution in [1.82, 2.24) is 14.4 Å². The van der Waals surface area contributed by atoms with E-state index >= 15 is 0 Å². The molecule has 0 N–H and O–H groups in total. The highest BCUT2D eigenvalue weighted by Crippen LogP contribution is 2.24. The highest BCUT2D eigenvalue weighted by molar-refractivity contribution is 7.89. The minimum Gasteiger partial charge on any atom is -0.360 e. The van der Waals surface area contributed by atoms with E-state index in [0.717, 1.165) is 19.6 Å². The molecule has 1 aromatic heterocycles. The van der Waals surface area contributed by atoms with Gasteiger partial charge in [-0.05, 0) is 31.9 Å². The second kappa shape index (κ2) is 6.66. The van der Waals surface area contributed by atoms with Crippen molar-refractivity contribution in [2.24, 2.45) is 0 Å². The third-order valence-electron chi connectivity index (χ3n) is 4.55. The molecule has 0 aliphatic carbocycles. The van der Waals surface area contributed by atoms with Crippen molar-refractivity contribution in [1.29, 1.82) is 0 Å². The SMILES string of the molecule is Cc1ccccc1CN1CCN(S(=O)(=O)c2c(C)noc2C)CC1.